The molecule has 1 aromatic rings. The van der Waals surface area contributed by atoms with Gasteiger partial charge in [-0.15, -0.1) is 0 Å². The van der Waals surface area contributed by atoms with Gasteiger partial charge in [-0.25, -0.2) is 0 Å². The van der Waals surface area contributed by atoms with Gasteiger partial charge in [-0.05, 0) is 57.2 Å². The fourth-order valence-electron chi connectivity index (χ4n) is 2.85. The molecule has 0 aliphatic heterocycles. The summed E-state index contributed by atoms with van der Waals surface area (Å²) in [6.07, 6.45) is 9.83. The lowest BCUT2D eigenvalue weighted by Gasteiger charge is -2.14. The lowest BCUT2D eigenvalue weighted by atomic mass is 10.1. The Bertz CT molecular complexity index is 456. The molecule has 1 aliphatic carbocycles. The summed E-state index contributed by atoms with van der Waals surface area (Å²) in [4.78, 5) is 11.9. The summed E-state index contributed by atoms with van der Waals surface area (Å²) in [5, 5.41) is 2.95. The third-order valence-corrected chi connectivity index (χ3v) is 4.08. The maximum absolute atomic E-state index is 11.9. The zero-order valence-corrected chi connectivity index (χ0v) is 13.4. The molecule has 0 spiro atoms. The molecular formula is C18H28N2O2. The summed E-state index contributed by atoms with van der Waals surface area (Å²) in [6.45, 7) is 0.736. The Balaban J connectivity index is 1.73. The first kappa shape index (κ1) is 16.8. The quantitative estimate of drug-likeness (QED) is 0.681. The second-order valence-electron chi connectivity index (χ2n) is 6.05. The number of hydrogen-bond donors (Lipinski definition) is 2. The highest BCUT2D eigenvalue weighted by Gasteiger charge is 2.16. The van der Waals surface area contributed by atoms with Crippen LogP contribution >= 0.6 is 0 Å². The average molecular weight is 304 g/mol. The minimum Gasteiger partial charge on any atom is -0.490 e. The molecule has 0 atom stereocenters. The van der Waals surface area contributed by atoms with E-state index in [2.05, 4.69) is 5.32 Å². The normalized spacial score (nSPS) is 15.0. The van der Waals surface area contributed by atoms with Crippen molar-refractivity contribution in [3.63, 3.8) is 0 Å². The SMILES string of the molecule is NCCCCCCC(=O)Nc1cccc(OC2CCCC2)c1. The van der Waals surface area contributed by atoms with Gasteiger partial charge in [0.15, 0.2) is 0 Å². The van der Waals surface area contributed by atoms with Gasteiger partial charge in [-0.3, -0.25) is 4.79 Å². The number of hydrogen-bond acceptors (Lipinski definition) is 3. The van der Waals surface area contributed by atoms with Crippen molar-refractivity contribution in [1.29, 1.82) is 0 Å². The molecule has 0 radical (unpaired) electrons. The van der Waals surface area contributed by atoms with Gasteiger partial charge in [0.1, 0.15) is 5.75 Å². The first-order valence-corrected chi connectivity index (χ1v) is 8.54. The van der Waals surface area contributed by atoms with E-state index in [1.54, 1.807) is 0 Å². The van der Waals surface area contributed by atoms with Crippen molar-refractivity contribution in [2.75, 3.05) is 11.9 Å². The number of amides is 1. The molecule has 22 heavy (non-hydrogen) atoms. The Kier molecular flexibility index (Phi) is 7.23. The minimum atomic E-state index is 0.0748. The predicted octanol–water partition coefficient (Wildman–Crippen LogP) is 3.86. The molecule has 0 heterocycles. The second kappa shape index (κ2) is 9.46. The van der Waals surface area contributed by atoms with E-state index in [0.29, 0.717) is 12.5 Å². The van der Waals surface area contributed by atoms with Crippen LogP contribution in [0.1, 0.15) is 57.8 Å². The number of rotatable bonds is 9. The third-order valence-electron chi connectivity index (χ3n) is 4.08. The topological polar surface area (TPSA) is 64.4 Å². The average Bonchev–Trinajstić information content (AvgIpc) is 3.00. The predicted molar refractivity (Wildman–Crippen MR) is 90.1 cm³/mol. The maximum atomic E-state index is 11.9. The standard InChI is InChI=1S/C18H28N2O2/c19-13-6-2-1-3-12-18(21)20-15-8-7-11-17(14-15)22-16-9-4-5-10-16/h7-8,11,14,16H,1-6,9-10,12-13,19H2,(H,20,21). The largest absolute Gasteiger partial charge is 0.490 e. The van der Waals surface area contributed by atoms with Crippen LogP contribution in [-0.2, 0) is 4.79 Å². The van der Waals surface area contributed by atoms with E-state index < -0.39 is 0 Å². The van der Waals surface area contributed by atoms with Crippen LogP contribution in [0.4, 0.5) is 5.69 Å². The lowest BCUT2D eigenvalue weighted by Crippen LogP contribution is -2.13. The van der Waals surface area contributed by atoms with Gasteiger partial charge in [0.25, 0.3) is 0 Å². The highest BCUT2D eigenvalue weighted by atomic mass is 16.5. The molecule has 1 saturated carbocycles. The number of carbonyl (C=O) groups is 1. The molecule has 122 valence electrons. The smallest absolute Gasteiger partial charge is 0.224 e. The van der Waals surface area contributed by atoms with Crippen LogP contribution in [0.15, 0.2) is 24.3 Å². The number of anilines is 1. The minimum absolute atomic E-state index is 0.0748. The van der Waals surface area contributed by atoms with Crippen LogP contribution in [0.2, 0.25) is 0 Å². The molecule has 1 fully saturated rings. The van der Waals surface area contributed by atoms with Crippen molar-refractivity contribution in [3.05, 3.63) is 24.3 Å². The molecule has 3 N–H and O–H groups in total. The van der Waals surface area contributed by atoms with E-state index in [1.807, 2.05) is 24.3 Å². The summed E-state index contributed by atoms with van der Waals surface area (Å²) >= 11 is 0. The molecule has 4 heteroatoms. The molecule has 0 aromatic heterocycles. The second-order valence-corrected chi connectivity index (χ2v) is 6.05. The van der Waals surface area contributed by atoms with Gasteiger partial charge < -0.3 is 15.8 Å². The molecule has 2 rings (SSSR count). The molecule has 0 unspecified atom stereocenters. The molecule has 0 bridgehead atoms. The van der Waals surface area contributed by atoms with E-state index in [1.165, 1.54) is 12.8 Å². The van der Waals surface area contributed by atoms with E-state index >= 15 is 0 Å². The number of ether oxygens (including phenoxy) is 1. The maximum Gasteiger partial charge on any atom is 0.224 e. The Labute approximate surface area is 133 Å². The van der Waals surface area contributed by atoms with E-state index in [0.717, 1.165) is 56.5 Å². The number of benzene rings is 1. The van der Waals surface area contributed by atoms with Gasteiger partial charge in [-0.1, -0.05) is 18.9 Å². The zero-order chi connectivity index (χ0) is 15.6. The summed E-state index contributed by atoms with van der Waals surface area (Å²) in [6, 6.07) is 7.72. The molecular weight excluding hydrogens is 276 g/mol. The van der Waals surface area contributed by atoms with E-state index in [9.17, 15) is 4.79 Å². The summed E-state index contributed by atoms with van der Waals surface area (Å²) in [5.74, 6) is 0.929. The number of nitrogens with two attached hydrogens (primary N) is 1. The van der Waals surface area contributed by atoms with Crippen LogP contribution in [0.5, 0.6) is 5.75 Å². The number of unbranched alkanes of at least 4 members (excludes halogenated alkanes) is 3. The van der Waals surface area contributed by atoms with Crippen LogP contribution in [-0.4, -0.2) is 18.6 Å². The molecule has 1 amide bonds. The van der Waals surface area contributed by atoms with Crippen LogP contribution in [0.3, 0.4) is 0 Å². The lowest BCUT2D eigenvalue weighted by molar-refractivity contribution is -0.116. The van der Waals surface area contributed by atoms with E-state index in [-0.39, 0.29) is 5.91 Å². The monoisotopic (exact) mass is 304 g/mol. The molecule has 1 aromatic carbocycles. The first-order chi connectivity index (χ1) is 10.8. The van der Waals surface area contributed by atoms with Gasteiger partial charge in [-0.2, -0.15) is 0 Å². The van der Waals surface area contributed by atoms with Gasteiger partial charge in [0.2, 0.25) is 5.91 Å². The van der Waals surface area contributed by atoms with Crippen molar-refractivity contribution in [2.24, 2.45) is 5.73 Å². The van der Waals surface area contributed by atoms with Crippen molar-refractivity contribution >= 4 is 11.6 Å². The number of nitrogens with one attached hydrogen (secondary N) is 1. The van der Waals surface area contributed by atoms with Crippen molar-refractivity contribution in [1.82, 2.24) is 0 Å². The zero-order valence-electron chi connectivity index (χ0n) is 13.4. The van der Waals surface area contributed by atoms with Crippen LogP contribution < -0.4 is 15.8 Å². The highest BCUT2D eigenvalue weighted by molar-refractivity contribution is 5.90. The Hall–Kier alpha value is -1.55. The van der Waals surface area contributed by atoms with Gasteiger partial charge in [0.05, 0.1) is 6.10 Å². The fourth-order valence-corrected chi connectivity index (χ4v) is 2.85. The van der Waals surface area contributed by atoms with Crippen LogP contribution in [0.25, 0.3) is 0 Å². The van der Waals surface area contributed by atoms with Crippen LogP contribution in [0, 0.1) is 0 Å². The first-order valence-electron chi connectivity index (χ1n) is 8.54. The Morgan fingerprint density at radius 3 is 2.73 bits per heavy atom. The van der Waals surface area contributed by atoms with Gasteiger partial charge >= 0.3 is 0 Å². The highest BCUT2D eigenvalue weighted by Crippen LogP contribution is 2.25. The van der Waals surface area contributed by atoms with E-state index in [4.69, 9.17) is 10.5 Å². The fraction of sp³-hybridized carbons (Fsp3) is 0.611. The van der Waals surface area contributed by atoms with Crippen molar-refractivity contribution < 1.29 is 9.53 Å². The Morgan fingerprint density at radius 2 is 1.95 bits per heavy atom. The summed E-state index contributed by atoms with van der Waals surface area (Å²) in [7, 11) is 0. The summed E-state index contributed by atoms with van der Waals surface area (Å²) in [5.41, 5.74) is 6.28. The molecule has 0 saturated heterocycles. The van der Waals surface area contributed by atoms with Crippen molar-refractivity contribution in [3.8, 4) is 5.75 Å². The van der Waals surface area contributed by atoms with Gasteiger partial charge in [0, 0.05) is 18.2 Å². The summed E-state index contributed by atoms with van der Waals surface area (Å²) < 4.78 is 5.96. The van der Waals surface area contributed by atoms with Crippen molar-refractivity contribution in [2.45, 2.75) is 63.9 Å². The number of carbonyl (C=O) groups excluding carboxylic acids is 1. The Morgan fingerprint density at radius 1 is 1.18 bits per heavy atom. The molecule has 1 aliphatic rings. The molecule has 4 nitrogen and oxygen atoms in total. The third kappa shape index (κ3) is 6.06.